The number of benzene rings is 2. The van der Waals surface area contributed by atoms with Crippen LogP contribution in [0.4, 0.5) is 0 Å². The van der Waals surface area contributed by atoms with Crippen LogP contribution in [0.25, 0.3) is 16.8 Å². The van der Waals surface area contributed by atoms with E-state index < -0.39 is 0 Å². The van der Waals surface area contributed by atoms with Gasteiger partial charge in [-0.25, -0.2) is 0 Å². The van der Waals surface area contributed by atoms with E-state index in [0.29, 0.717) is 0 Å². The Labute approximate surface area is 171 Å². The zero-order valence-electron chi connectivity index (χ0n) is 16.6. The number of rotatable bonds is 3. The summed E-state index contributed by atoms with van der Waals surface area (Å²) in [5.74, 6) is 2.13. The first-order chi connectivity index (χ1) is 14.3. The lowest BCUT2D eigenvalue weighted by Gasteiger charge is -2.23. The molecule has 3 heterocycles. The van der Waals surface area contributed by atoms with E-state index in [1.807, 2.05) is 29.2 Å². The van der Waals surface area contributed by atoms with Crippen molar-refractivity contribution < 1.29 is 4.79 Å². The van der Waals surface area contributed by atoms with Crippen molar-refractivity contribution in [3.05, 3.63) is 65.8 Å². The van der Waals surface area contributed by atoms with Crippen molar-refractivity contribution in [3.63, 3.8) is 0 Å². The van der Waals surface area contributed by atoms with E-state index in [1.54, 1.807) is 6.08 Å². The number of carbonyl (C=O) groups is 1. The number of hydrogen-bond acceptors (Lipinski definition) is 3. The Morgan fingerprint density at radius 2 is 1.86 bits per heavy atom. The summed E-state index contributed by atoms with van der Waals surface area (Å²) in [5.41, 5.74) is 1.07. The van der Waals surface area contributed by atoms with Crippen LogP contribution in [0, 0.1) is 0 Å². The van der Waals surface area contributed by atoms with Gasteiger partial charge in [0.05, 0.1) is 6.04 Å². The zero-order valence-corrected chi connectivity index (χ0v) is 16.6. The standard InChI is InChI=1S/C24H26N4O/c29-23(15-14-19-10-6-9-18-8-3-4-11-20(18)19)27-17-7-12-21(27)24-26-25-22-13-2-1-5-16-28(22)24/h3-4,6,8-11,14-15,21H,1-2,5,7,12-13,16-17H2/b15-14+. The molecule has 0 spiro atoms. The van der Waals surface area contributed by atoms with Crippen molar-refractivity contribution >= 4 is 22.8 Å². The third-order valence-corrected chi connectivity index (χ3v) is 6.20. The normalized spacial score (nSPS) is 19.6. The maximum absolute atomic E-state index is 13.1. The third kappa shape index (κ3) is 3.46. The number of likely N-dealkylation sites (tertiary alicyclic amines) is 1. The zero-order chi connectivity index (χ0) is 19.6. The summed E-state index contributed by atoms with van der Waals surface area (Å²) >= 11 is 0. The number of amides is 1. The highest BCUT2D eigenvalue weighted by Crippen LogP contribution is 2.32. The molecule has 1 aromatic heterocycles. The van der Waals surface area contributed by atoms with Crippen molar-refractivity contribution in [2.75, 3.05) is 6.54 Å². The van der Waals surface area contributed by atoms with Gasteiger partial charge in [0.2, 0.25) is 5.91 Å². The van der Waals surface area contributed by atoms with Crippen molar-refractivity contribution in [3.8, 4) is 0 Å². The quantitative estimate of drug-likeness (QED) is 0.621. The number of aryl methyl sites for hydroxylation is 1. The highest BCUT2D eigenvalue weighted by Gasteiger charge is 2.33. The summed E-state index contributed by atoms with van der Waals surface area (Å²) in [7, 11) is 0. The molecule has 1 fully saturated rings. The smallest absolute Gasteiger partial charge is 0.247 e. The molecule has 1 amide bonds. The van der Waals surface area contributed by atoms with Crippen LogP contribution < -0.4 is 0 Å². The van der Waals surface area contributed by atoms with Crippen LogP contribution >= 0.6 is 0 Å². The van der Waals surface area contributed by atoms with Gasteiger partial charge in [-0.05, 0) is 48.1 Å². The van der Waals surface area contributed by atoms with Crippen LogP contribution in [0.3, 0.4) is 0 Å². The molecule has 0 radical (unpaired) electrons. The molecule has 5 rings (SSSR count). The van der Waals surface area contributed by atoms with Gasteiger partial charge in [0.1, 0.15) is 5.82 Å². The second-order valence-electron chi connectivity index (χ2n) is 8.03. The SMILES string of the molecule is O=C(/C=C/c1cccc2ccccc12)N1CCCC1c1nnc2n1CCCCC2. The van der Waals surface area contributed by atoms with Crippen LogP contribution in [0.5, 0.6) is 0 Å². The van der Waals surface area contributed by atoms with Gasteiger partial charge in [-0.15, -0.1) is 10.2 Å². The number of nitrogens with zero attached hydrogens (tertiary/aromatic N) is 4. The van der Waals surface area contributed by atoms with Gasteiger partial charge in [0.15, 0.2) is 5.82 Å². The monoisotopic (exact) mass is 386 g/mol. The summed E-state index contributed by atoms with van der Waals surface area (Å²) < 4.78 is 2.28. The summed E-state index contributed by atoms with van der Waals surface area (Å²) in [5, 5.41) is 11.3. The van der Waals surface area contributed by atoms with Crippen LogP contribution in [0.2, 0.25) is 0 Å². The molecule has 2 aromatic carbocycles. The topological polar surface area (TPSA) is 51.0 Å². The predicted molar refractivity (Wildman–Crippen MR) is 114 cm³/mol. The van der Waals surface area contributed by atoms with Crippen molar-refractivity contribution in [2.45, 2.75) is 51.1 Å². The van der Waals surface area contributed by atoms with Gasteiger partial charge in [-0.1, -0.05) is 48.9 Å². The Bertz CT molecular complexity index is 1060. The Morgan fingerprint density at radius 1 is 0.966 bits per heavy atom. The number of aromatic nitrogens is 3. The summed E-state index contributed by atoms with van der Waals surface area (Å²) in [4.78, 5) is 15.1. The predicted octanol–water partition coefficient (Wildman–Crippen LogP) is 4.53. The molecule has 1 atom stereocenters. The molecule has 1 unspecified atom stereocenters. The van der Waals surface area contributed by atoms with E-state index in [2.05, 4.69) is 39.0 Å². The minimum Gasteiger partial charge on any atom is -0.329 e. The van der Waals surface area contributed by atoms with Crippen LogP contribution in [0.1, 0.15) is 55.4 Å². The molecule has 5 heteroatoms. The van der Waals surface area contributed by atoms with E-state index in [9.17, 15) is 4.79 Å². The second kappa shape index (κ2) is 7.82. The van der Waals surface area contributed by atoms with E-state index in [4.69, 9.17) is 0 Å². The van der Waals surface area contributed by atoms with Crippen molar-refractivity contribution in [2.24, 2.45) is 0 Å². The molecule has 2 aliphatic rings. The Kier molecular flexibility index (Phi) is 4.88. The molecule has 2 aliphatic heterocycles. The lowest BCUT2D eigenvalue weighted by atomic mass is 10.0. The fraction of sp³-hybridized carbons (Fsp3) is 0.375. The molecule has 29 heavy (non-hydrogen) atoms. The van der Waals surface area contributed by atoms with Gasteiger partial charge in [-0.3, -0.25) is 4.79 Å². The molecular weight excluding hydrogens is 360 g/mol. The molecule has 3 aromatic rings. The fourth-order valence-corrected chi connectivity index (χ4v) is 4.71. The molecular formula is C24H26N4O. The van der Waals surface area contributed by atoms with Crippen molar-refractivity contribution in [1.82, 2.24) is 19.7 Å². The molecule has 0 saturated carbocycles. The highest BCUT2D eigenvalue weighted by atomic mass is 16.2. The average Bonchev–Trinajstić information content (AvgIpc) is 3.32. The molecule has 148 valence electrons. The summed E-state index contributed by atoms with van der Waals surface area (Å²) in [6.45, 7) is 1.76. The second-order valence-corrected chi connectivity index (χ2v) is 8.03. The fourth-order valence-electron chi connectivity index (χ4n) is 4.71. The lowest BCUT2D eigenvalue weighted by Crippen LogP contribution is -2.30. The molecule has 1 saturated heterocycles. The molecule has 5 nitrogen and oxygen atoms in total. The highest BCUT2D eigenvalue weighted by molar-refractivity contribution is 5.97. The maximum Gasteiger partial charge on any atom is 0.247 e. The Balaban J connectivity index is 1.39. The Morgan fingerprint density at radius 3 is 2.83 bits per heavy atom. The number of hydrogen-bond donors (Lipinski definition) is 0. The van der Waals surface area contributed by atoms with E-state index >= 15 is 0 Å². The largest absolute Gasteiger partial charge is 0.329 e. The molecule has 0 aliphatic carbocycles. The van der Waals surface area contributed by atoms with Gasteiger partial charge in [0.25, 0.3) is 0 Å². The van der Waals surface area contributed by atoms with E-state index in [0.717, 1.165) is 49.6 Å². The number of fused-ring (bicyclic) bond motifs is 2. The van der Waals surface area contributed by atoms with Gasteiger partial charge in [-0.2, -0.15) is 0 Å². The van der Waals surface area contributed by atoms with E-state index in [1.165, 1.54) is 30.0 Å². The summed E-state index contributed by atoms with van der Waals surface area (Å²) in [6.07, 6.45) is 10.2. The van der Waals surface area contributed by atoms with Gasteiger partial charge in [0, 0.05) is 25.6 Å². The maximum atomic E-state index is 13.1. The van der Waals surface area contributed by atoms with Crippen molar-refractivity contribution in [1.29, 1.82) is 0 Å². The molecule has 0 bridgehead atoms. The first-order valence-electron chi connectivity index (χ1n) is 10.7. The van der Waals surface area contributed by atoms with Gasteiger partial charge < -0.3 is 9.47 Å². The summed E-state index contributed by atoms with van der Waals surface area (Å²) in [6, 6.07) is 14.5. The van der Waals surface area contributed by atoms with E-state index in [-0.39, 0.29) is 11.9 Å². The third-order valence-electron chi connectivity index (χ3n) is 6.20. The number of carbonyl (C=O) groups excluding carboxylic acids is 1. The van der Waals surface area contributed by atoms with Gasteiger partial charge >= 0.3 is 0 Å². The average molecular weight is 386 g/mol. The molecule has 0 N–H and O–H groups in total. The minimum absolute atomic E-state index is 0.0408. The van der Waals surface area contributed by atoms with Crippen LogP contribution in [-0.4, -0.2) is 32.1 Å². The lowest BCUT2D eigenvalue weighted by molar-refractivity contribution is -0.127. The Hall–Kier alpha value is -2.95. The first kappa shape index (κ1) is 18.1. The minimum atomic E-state index is 0.0408. The van der Waals surface area contributed by atoms with Crippen LogP contribution in [-0.2, 0) is 17.8 Å². The first-order valence-corrected chi connectivity index (χ1v) is 10.7. The van der Waals surface area contributed by atoms with Crippen LogP contribution in [0.15, 0.2) is 48.5 Å².